The van der Waals surface area contributed by atoms with Gasteiger partial charge in [0.15, 0.2) is 0 Å². The topological polar surface area (TPSA) is 96.0 Å². The molecule has 2 atom stereocenters. The van der Waals surface area contributed by atoms with Crippen molar-refractivity contribution in [2.24, 2.45) is 0 Å². The number of ether oxygens (including phenoxy) is 1. The first-order valence-electron chi connectivity index (χ1n) is 13.6. The molecule has 0 spiro atoms. The standard InChI is InChI=1S/C31H37Cl2N3O5S/c1-7-22(4)34-31(38)23(5)35(18-24-11-12-25(32)17-27(24)33)30(37)19-36(28-16-21(3)10-15-29(28)41-6)42(39,40)26-13-8-20(2)9-14-26/h8-17,22-23H,7,18-19H2,1-6H3,(H,34,38). The number of carbonyl (C=O) groups is 2. The Bertz CT molecular complexity index is 1530. The molecule has 2 unspecified atom stereocenters. The highest BCUT2D eigenvalue weighted by atomic mass is 35.5. The molecule has 0 aliphatic heterocycles. The molecule has 8 nitrogen and oxygen atoms in total. The van der Waals surface area contributed by atoms with Crippen molar-refractivity contribution in [1.29, 1.82) is 0 Å². The third-order valence-electron chi connectivity index (χ3n) is 7.02. The fourth-order valence-corrected chi connectivity index (χ4v) is 6.11. The molecule has 0 saturated carbocycles. The zero-order valence-corrected chi connectivity index (χ0v) is 27.0. The van der Waals surface area contributed by atoms with E-state index in [9.17, 15) is 18.0 Å². The molecule has 0 saturated heterocycles. The average Bonchev–Trinajstić information content (AvgIpc) is 2.95. The number of rotatable bonds is 12. The van der Waals surface area contributed by atoms with Crippen molar-refractivity contribution >= 4 is 50.7 Å². The van der Waals surface area contributed by atoms with Crippen LogP contribution in [0.5, 0.6) is 5.75 Å². The number of aryl methyl sites for hydroxylation is 2. The minimum atomic E-state index is -4.24. The minimum absolute atomic E-state index is 0.0133. The lowest BCUT2D eigenvalue weighted by Crippen LogP contribution is -2.52. The lowest BCUT2D eigenvalue weighted by molar-refractivity contribution is -0.139. The lowest BCUT2D eigenvalue weighted by atomic mass is 10.1. The molecule has 3 aromatic carbocycles. The van der Waals surface area contributed by atoms with Gasteiger partial charge in [0.1, 0.15) is 18.3 Å². The normalized spacial score (nSPS) is 12.8. The van der Waals surface area contributed by atoms with E-state index in [2.05, 4.69) is 5.32 Å². The quantitative estimate of drug-likeness (QED) is 0.258. The molecule has 0 aliphatic carbocycles. The van der Waals surface area contributed by atoms with Crippen LogP contribution in [0.3, 0.4) is 0 Å². The first kappa shape index (κ1) is 33.2. The van der Waals surface area contributed by atoms with Crippen LogP contribution in [0.15, 0.2) is 65.6 Å². The molecule has 11 heteroatoms. The van der Waals surface area contributed by atoms with Crippen molar-refractivity contribution in [1.82, 2.24) is 10.2 Å². The van der Waals surface area contributed by atoms with Gasteiger partial charge < -0.3 is 15.0 Å². The van der Waals surface area contributed by atoms with Gasteiger partial charge in [-0.2, -0.15) is 0 Å². The van der Waals surface area contributed by atoms with Crippen molar-refractivity contribution in [3.8, 4) is 5.75 Å². The molecular weight excluding hydrogens is 597 g/mol. The lowest BCUT2D eigenvalue weighted by Gasteiger charge is -2.33. The van der Waals surface area contributed by atoms with Crippen LogP contribution in [-0.4, -0.2) is 50.9 Å². The number of sulfonamides is 1. The number of nitrogens with one attached hydrogen (secondary N) is 1. The maximum absolute atomic E-state index is 14.2. The zero-order chi connectivity index (χ0) is 31.2. The van der Waals surface area contributed by atoms with Crippen LogP contribution in [-0.2, 0) is 26.2 Å². The molecule has 3 aromatic rings. The number of anilines is 1. The first-order chi connectivity index (χ1) is 19.8. The van der Waals surface area contributed by atoms with E-state index >= 15 is 0 Å². The van der Waals surface area contributed by atoms with E-state index in [1.54, 1.807) is 55.5 Å². The summed E-state index contributed by atoms with van der Waals surface area (Å²) in [5.41, 5.74) is 2.41. The molecule has 0 aliphatic rings. The van der Waals surface area contributed by atoms with E-state index in [0.717, 1.165) is 15.4 Å². The van der Waals surface area contributed by atoms with Gasteiger partial charge in [-0.15, -0.1) is 0 Å². The van der Waals surface area contributed by atoms with Gasteiger partial charge in [0.2, 0.25) is 11.8 Å². The summed E-state index contributed by atoms with van der Waals surface area (Å²) in [6, 6.07) is 15.3. The molecule has 0 heterocycles. The number of methoxy groups -OCH3 is 1. The largest absolute Gasteiger partial charge is 0.495 e. The molecule has 3 rings (SSSR count). The van der Waals surface area contributed by atoms with E-state index < -0.39 is 28.5 Å². The summed E-state index contributed by atoms with van der Waals surface area (Å²) in [5, 5.41) is 3.65. The van der Waals surface area contributed by atoms with Crippen LogP contribution < -0.4 is 14.4 Å². The number of halogens is 2. The van der Waals surface area contributed by atoms with Crippen LogP contribution in [0.1, 0.15) is 43.9 Å². The number of hydrogen-bond acceptors (Lipinski definition) is 5. The molecule has 42 heavy (non-hydrogen) atoms. The van der Waals surface area contributed by atoms with Crippen molar-refractivity contribution in [2.45, 2.75) is 64.6 Å². The zero-order valence-electron chi connectivity index (χ0n) is 24.6. The predicted molar refractivity (Wildman–Crippen MR) is 168 cm³/mol. The Hall–Kier alpha value is -3.27. The van der Waals surface area contributed by atoms with Gasteiger partial charge in [-0.25, -0.2) is 8.42 Å². The third-order valence-corrected chi connectivity index (χ3v) is 9.38. The number of nitrogens with zero attached hydrogens (tertiary/aromatic N) is 2. The van der Waals surface area contributed by atoms with Crippen LogP contribution in [0.4, 0.5) is 5.69 Å². The minimum Gasteiger partial charge on any atom is -0.495 e. The third kappa shape index (κ3) is 7.96. The Labute approximate surface area is 258 Å². The first-order valence-corrected chi connectivity index (χ1v) is 15.8. The van der Waals surface area contributed by atoms with Crippen molar-refractivity contribution in [3.05, 3.63) is 87.4 Å². The summed E-state index contributed by atoms with van der Waals surface area (Å²) in [6.45, 7) is 8.44. The van der Waals surface area contributed by atoms with Gasteiger partial charge in [0.05, 0.1) is 17.7 Å². The van der Waals surface area contributed by atoms with Gasteiger partial charge in [-0.3, -0.25) is 13.9 Å². The Kier molecular flexibility index (Phi) is 11.3. The Balaban J connectivity index is 2.12. The van der Waals surface area contributed by atoms with Crippen LogP contribution in [0, 0.1) is 13.8 Å². The molecule has 2 amide bonds. The molecule has 0 aromatic heterocycles. The van der Waals surface area contributed by atoms with Crippen molar-refractivity contribution in [2.75, 3.05) is 18.0 Å². The van der Waals surface area contributed by atoms with Crippen LogP contribution in [0.2, 0.25) is 10.0 Å². The summed E-state index contributed by atoms with van der Waals surface area (Å²) in [6.07, 6.45) is 0.700. The second kappa shape index (κ2) is 14.3. The van der Waals surface area contributed by atoms with Crippen molar-refractivity contribution < 1.29 is 22.7 Å². The van der Waals surface area contributed by atoms with E-state index in [0.29, 0.717) is 22.0 Å². The average molecular weight is 635 g/mol. The van der Waals surface area contributed by atoms with Gasteiger partial charge >= 0.3 is 0 Å². The number of benzene rings is 3. The van der Waals surface area contributed by atoms with E-state index in [4.69, 9.17) is 27.9 Å². The summed E-state index contributed by atoms with van der Waals surface area (Å²) < 4.78 is 34.8. The van der Waals surface area contributed by atoms with E-state index in [1.165, 1.54) is 24.1 Å². The molecule has 0 radical (unpaired) electrons. The summed E-state index contributed by atoms with van der Waals surface area (Å²) in [7, 11) is -2.81. The molecule has 1 N–H and O–H groups in total. The van der Waals surface area contributed by atoms with Gasteiger partial charge in [0, 0.05) is 22.6 Å². The van der Waals surface area contributed by atoms with Gasteiger partial charge in [-0.05, 0) is 81.6 Å². The second-order valence-electron chi connectivity index (χ2n) is 10.3. The molecule has 0 bridgehead atoms. The predicted octanol–water partition coefficient (Wildman–Crippen LogP) is 6.15. The molecular formula is C31H37Cl2N3O5S. The van der Waals surface area contributed by atoms with E-state index in [1.807, 2.05) is 27.7 Å². The number of amides is 2. The van der Waals surface area contributed by atoms with Crippen LogP contribution >= 0.6 is 23.2 Å². The van der Waals surface area contributed by atoms with Gasteiger partial charge in [0.25, 0.3) is 10.0 Å². The Morgan fingerprint density at radius 3 is 2.19 bits per heavy atom. The van der Waals surface area contributed by atoms with Crippen molar-refractivity contribution in [3.63, 3.8) is 0 Å². The maximum atomic E-state index is 14.2. The van der Waals surface area contributed by atoms with E-state index in [-0.39, 0.29) is 34.8 Å². The molecule has 226 valence electrons. The highest BCUT2D eigenvalue weighted by molar-refractivity contribution is 7.92. The number of carbonyl (C=O) groups excluding carboxylic acids is 2. The SMILES string of the molecule is CCC(C)NC(=O)C(C)N(Cc1ccc(Cl)cc1Cl)C(=O)CN(c1cc(C)ccc1OC)S(=O)(=O)c1ccc(C)cc1. The summed E-state index contributed by atoms with van der Waals surface area (Å²) in [4.78, 5) is 28.7. The summed E-state index contributed by atoms with van der Waals surface area (Å²) >= 11 is 12.5. The maximum Gasteiger partial charge on any atom is 0.264 e. The monoisotopic (exact) mass is 633 g/mol. The van der Waals surface area contributed by atoms with Gasteiger partial charge in [-0.1, -0.05) is 60.0 Å². The fraction of sp³-hybridized carbons (Fsp3) is 0.355. The van der Waals surface area contributed by atoms with Crippen LogP contribution in [0.25, 0.3) is 0 Å². The Morgan fingerprint density at radius 2 is 1.60 bits per heavy atom. The highest BCUT2D eigenvalue weighted by Gasteiger charge is 2.34. The second-order valence-corrected chi connectivity index (χ2v) is 13.0. The fourth-order valence-electron chi connectivity index (χ4n) is 4.23. The smallest absolute Gasteiger partial charge is 0.264 e. The number of hydrogen-bond donors (Lipinski definition) is 1. The highest BCUT2D eigenvalue weighted by Crippen LogP contribution is 2.34. The molecule has 0 fully saturated rings. The summed E-state index contributed by atoms with van der Waals surface area (Å²) in [5.74, 6) is -0.699. The Morgan fingerprint density at radius 1 is 0.952 bits per heavy atom.